The Morgan fingerprint density at radius 1 is 1.14 bits per heavy atom. The lowest BCUT2D eigenvalue weighted by Gasteiger charge is -2.36. The number of imidazole rings is 1. The topological polar surface area (TPSA) is 58.5 Å². The predicted molar refractivity (Wildman–Crippen MR) is 112 cm³/mol. The molecule has 0 amide bonds. The number of ether oxygens (including phenoxy) is 1. The van der Waals surface area contributed by atoms with E-state index in [-0.39, 0.29) is 12.2 Å². The fourth-order valence-electron chi connectivity index (χ4n) is 4.26. The molecule has 4 aromatic rings. The van der Waals surface area contributed by atoms with Gasteiger partial charge in [-0.25, -0.2) is 4.98 Å². The zero-order valence-electron chi connectivity index (χ0n) is 16.5. The van der Waals surface area contributed by atoms with Gasteiger partial charge >= 0.3 is 0 Å². The fraction of sp³-hybridized carbons (Fsp3) is 0.364. The maximum Gasteiger partial charge on any atom is 0.137 e. The molecule has 0 saturated carbocycles. The van der Waals surface area contributed by atoms with Crippen LogP contribution < -0.4 is 4.90 Å². The first-order chi connectivity index (χ1) is 13.6. The highest BCUT2D eigenvalue weighted by Crippen LogP contribution is 2.28. The number of hydrogen-bond acceptors (Lipinski definition) is 4. The van der Waals surface area contributed by atoms with Crippen LogP contribution in [0.5, 0.6) is 0 Å². The number of nitrogens with zero attached hydrogens (tertiary/aromatic N) is 4. The zero-order valence-corrected chi connectivity index (χ0v) is 16.5. The van der Waals surface area contributed by atoms with Crippen molar-refractivity contribution in [1.82, 2.24) is 19.6 Å². The Morgan fingerprint density at radius 3 is 2.75 bits per heavy atom. The van der Waals surface area contributed by atoms with Gasteiger partial charge in [-0.05, 0) is 44.5 Å². The third-order valence-corrected chi connectivity index (χ3v) is 5.55. The van der Waals surface area contributed by atoms with Gasteiger partial charge in [0.2, 0.25) is 0 Å². The van der Waals surface area contributed by atoms with Gasteiger partial charge in [0.15, 0.2) is 0 Å². The number of pyridine rings is 1. The number of benzene rings is 1. The second-order valence-electron chi connectivity index (χ2n) is 7.71. The van der Waals surface area contributed by atoms with Crippen molar-refractivity contribution < 1.29 is 4.74 Å². The van der Waals surface area contributed by atoms with E-state index in [1.807, 2.05) is 6.20 Å². The van der Waals surface area contributed by atoms with Crippen LogP contribution in [0.4, 0.5) is 5.69 Å². The highest BCUT2D eigenvalue weighted by atomic mass is 16.5. The molecule has 3 aromatic heterocycles. The Bertz CT molecular complexity index is 1130. The van der Waals surface area contributed by atoms with Crippen molar-refractivity contribution in [2.45, 2.75) is 39.4 Å². The standard InChI is InChI=1S/C22H25N5O/c1-4-19-18-9-16(5-7-20(18)25-24-19)21-10-23-22-8-6-17(13-27(21)22)26-11-14(2)28-15(3)12-26/h5-10,13-15H,4,11-12H2,1-3H3,(H,24,25)/t14-,15+. The van der Waals surface area contributed by atoms with Crippen LogP contribution in [-0.4, -0.2) is 44.9 Å². The smallest absolute Gasteiger partial charge is 0.137 e. The van der Waals surface area contributed by atoms with E-state index in [1.54, 1.807) is 0 Å². The van der Waals surface area contributed by atoms with E-state index in [2.05, 4.69) is 81.8 Å². The predicted octanol–water partition coefficient (Wildman–Crippen LogP) is 4.05. The second-order valence-corrected chi connectivity index (χ2v) is 7.71. The molecule has 1 aliphatic heterocycles. The number of rotatable bonds is 3. The Morgan fingerprint density at radius 2 is 1.96 bits per heavy atom. The Hall–Kier alpha value is -2.86. The summed E-state index contributed by atoms with van der Waals surface area (Å²) >= 11 is 0. The van der Waals surface area contributed by atoms with Crippen LogP contribution in [-0.2, 0) is 11.2 Å². The van der Waals surface area contributed by atoms with E-state index < -0.39 is 0 Å². The summed E-state index contributed by atoms with van der Waals surface area (Å²) in [5.74, 6) is 0. The van der Waals surface area contributed by atoms with Crippen LogP contribution in [0.25, 0.3) is 27.8 Å². The molecule has 1 fully saturated rings. The first kappa shape index (κ1) is 17.3. The number of aryl methyl sites for hydroxylation is 1. The van der Waals surface area contributed by atoms with Gasteiger partial charge in [0.1, 0.15) is 5.65 Å². The van der Waals surface area contributed by atoms with Crippen LogP contribution in [0, 0.1) is 0 Å². The fourth-order valence-corrected chi connectivity index (χ4v) is 4.26. The van der Waals surface area contributed by atoms with Gasteiger partial charge in [-0.1, -0.05) is 13.0 Å². The van der Waals surface area contributed by atoms with Crippen molar-refractivity contribution in [2.75, 3.05) is 18.0 Å². The number of anilines is 1. The minimum absolute atomic E-state index is 0.234. The summed E-state index contributed by atoms with van der Waals surface area (Å²) in [4.78, 5) is 7.02. The van der Waals surface area contributed by atoms with Crippen LogP contribution in [0.3, 0.4) is 0 Å². The summed E-state index contributed by atoms with van der Waals surface area (Å²) in [6.45, 7) is 8.21. The normalized spacial score (nSPS) is 20.3. The molecule has 1 aromatic carbocycles. The largest absolute Gasteiger partial charge is 0.372 e. The summed E-state index contributed by atoms with van der Waals surface area (Å²) < 4.78 is 8.08. The number of aromatic amines is 1. The molecule has 4 heterocycles. The number of morpholine rings is 1. The van der Waals surface area contributed by atoms with E-state index in [1.165, 1.54) is 11.1 Å². The van der Waals surface area contributed by atoms with E-state index in [0.717, 1.165) is 47.6 Å². The molecule has 6 nitrogen and oxygen atoms in total. The number of nitrogens with one attached hydrogen (secondary N) is 1. The molecule has 1 aliphatic rings. The minimum Gasteiger partial charge on any atom is -0.372 e. The lowest BCUT2D eigenvalue weighted by atomic mass is 10.1. The molecule has 0 radical (unpaired) electrons. The third kappa shape index (κ3) is 2.85. The summed E-state index contributed by atoms with van der Waals surface area (Å²) in [5.41, 5.74) is 6.57. The monoisotopic (exact) mass is 375 g/mol. The molecule has 28 heavy (non-hydrogen) atoms. The van der Waals surface area contributed by atoms with E-state index in [9.17, 15) is 0 Å². The van der Waals surface area contributed by atoms with E-state index in [0.29, 0.717) is 0 Å². The van der Waals surface area contributed by atoms with Crippen molar-refractivity contribution in [3.63, 3.8) is 0 Å². The van der Waals surface area contributed by atoms with Crippen molar-refractivity contribution in [3.8, 4) is 11.3 Å². The van der Waals surface area contributed by atoms with Gasteiger partial charge in [0.05, 0.1) is 41.0 Å². The molecule has 144 valence electrons. The molecule has 5 rings (SSSR count). The first-order valence-corrected chi connectivity index (χ1v) is 9.97. The van der Waals surface area contributed by atoms with Gasteiger partial charge in [-0.2, -0.15) is 5.10 Å². The van der Waals surface area contributed by atoms with Gasteiger partial charge in [-0.15, -0.1) is 0 Å². The van der Waals surface area contributed by atoms with Gasteiger partial charge in [-0.3, -0.25) is 9.50 Å². The molecule has 2 atom stereocenters. The minimum atomic E-state index is 0.234. The molecular formula is C22H25N5O. The van der Waals surface area contributed by atoms with Crippen molar-refractivity contribution >= 4 is 22.2 Å². The van der Waals surface area contributed by atoms with E-state index >= 15 is 0 Å². The van der Waals surface area contributed by atoms with Crippen molar-refractivity contribution in [3.05, 3.63) is 48.4 Å². The quantitative estimate of drug-likeness (QED) is 0.587. The van der Waals surface area contributed by atoms with Crippen LogP contribution in [0.2, 0.25) is 0 Å². The zero-order chi connectivity index (χ0) is 19.3. The highest BCUT2D eigenvalue weighted by molar-refractivity contribution is 5.86. The summed E-state index contributed by atoms with van der Waals surface area (Å²) in [7, 11) is 0. The Kier molecular flexibility index (Phi) is 4.09. The van der Waals surface area contributed by atoms with Crippen LogP contribution in [0.15, 0.2) is 42.7 Å². The molecule has 0 bridgehead atoms. The maximum atomic E-state index is 5.89. The molecule has 0 spiro atoms. The summed E-state index contributed by atoms with van der Waals surface area (Å²) in [6, 6.07) is 10.7. The second kappa shape index (κ2) is 6.63. The lowest BCUT2D eigenvalue weighted by molar-refractivity contribution is -0.00523. The van der Waals surface area contributed by atoms with E-state index in [4.69, 9.17) is 4.74 Å². The highest BCUT2D eigenvalue weighted by Gasteiger charge is 2.23. The average Bonchev–Trinajstić information content (AvgIpc) is 3.29. The maximum absolute atomic E-state index is 5.89. The van der Waals surface area contributed by atoms with Crippen molar-refractivity contribution in [2.24, 2.45) is 0 Å². The SMILES string of the molecule is CCc1n[nH]c2ccc(-c3cnc4ccc(N5C[C@@H](C)O[C@@H](C)C5)cn34)cc12. The molecule has 1 N–H and O–H groups in total. The van der Waals surface area contributed by atoms with Crippen molar-refractivity contribution in [1.29, 1.82) is 0 Å². The molecule has 1 saturated heterocycles. The first-order valence-electron chi connectivity index (χ1n) is 9.97. The number of hydrogen-bond donors (Lipinski definition) is 1. The lowest BCUT2D eigenvalue weighted by Crippen LogP contribution is -2.45. The number of aromatic nitrogens is 4. The number of H-pyrrole nitrogens is 1. The van der Waals surface area contributed by atoms with Gasteiger partial charge in [0.25, 0.3) is 0 Å². The molecule has 6 heteroatoms. The van der Waals surface area contributed by atoms with Crippen LogP contribution in [0.1, 0.15) is 26.5 Å². The van der Waals surface area contributed by atoms with Gasteiger partial charge < -0.3 is 9.64 Å². The molecule has 0 aliphatic carbocycles. The summed E-state index contributed by atoms with van der Waals surface area (Å²) in [6.07, 6.45) is 5.53. The van der Waals surface area contributed by atoms with Gasteiger partial charge in [0, 0.05) is 30.2 Å². The number of fused-ring (bicyclic) bond motifs is 2. The average molecular weight is 375 g/mol. The third-order valence-electron chi connectivity index (χ3n) is 5.55. The molecule has 0 unspecified atom stereocenters. The molecular weight excluding hydrogens is 350 g/mol. The van der Waals surface area contributed by atoms with Crippen LogP contribution >= 0.6 is 0 Å². The Labute approximate surface area is 164 Å². The summed E-state index contributed by atoms with van der Waals surface area (Å²) in [5, 5.41) is 8.72. The Balaban J connectivity index is 1.59.